The van der Waals surface area contributed by atoms with Crippen molar-refractivity contribution in [3.05, 3.63) is 70.8 Å². The van der Waals surface area contributed by atoms with Gasteiger partial charge in [-0.1, -0.05) is 6.07 Å². The van der Waals surface area contributed by atoms with E-state index in [2.05, 4.69) is 10.6 Å². The number of halogens is 4. The minimum atomic E-state index is -0.761. The number of hydrogen-bond acceptors (Lipinski definition) is 2. The average Bonchev–Trinajstić information content (AvgIpc) is 2.71. The first-order valence-corrected chi connectivity index (χ1v) is 9.85. The van der Waals surface area contributed by atoms with Gasteiger partial charge in [0.1, 0.15) is 11.6 Å². The Kier molecular flexibility index (Phi) is 7.45. The summed E-state index contributed by atoms with van der Waals surface area (Å²) in [7, 11) is 0. The van der Waals surface area contributed by atoms with Crippen LogP contribution in [0.1, 0.15) is 48.6 Å². The van der Waals surface area contributed by atoms with E-state index in [1.165, 1.54) is 24.3 Å². The highest BCUT2D eigenvalue weighted by molar-refractivity contribution is 5.23. The molecule has 6 heteroatoms. The van der Waals surface area contributed by atoms with Crippen LogP contribution in [0.4, 0.5) is 17.6 Å². The molecule has 0 bridgehead atoms. The van der Waals surface area contributed by atoms with Crippen LogP contribution in [-0.2, 0) is 0 Å². The van der Waals surface area contributed by atoms with E-state index in [0.29, 0.717) is 11.8 Å². The highest BCUT2D eigenvalue weighted by Gasteiger charge is 2.17. The average molecular weight is 394 g/mol. The molecular formula is C22H26F4N2. The Hall–Kier alpha value is -1.92. The van der Waals surface area contributed by atoms with Gasteiger partial charge in [-0.2, -0.15) is 0 Å². The SMILES string of the molecule is Fc1cc(F)cc(C2CCNCC2)c1.Fc1ccc(C2CCNCC2)cc1F. The third kappa shape index (κ3) is 5.79. The van der Waals surface area contributed by atoms with Crippen LogP contribution in [0.25, 0.3) is 0 Å². The first-order valence-electron chi connectivity index (χ1n) is 9.85. The van der Waals surface area contributed by atoms with E-state index in [0.717, 1.165) is 69.1 Å². The summed E-state index contributed by atoms with van der Waals surface area (Å²) >= 11 is 0. The second-order valence-corrected chi connectivity index (χ2v) is 7.42. The molecule has 2 fully saturated rings. The van der Waals surface area contributed by atoms with Crippen LogP contribution in [0, 0.1) is 23.3 Å². The molecule has 2 N–H and O–H groups in total. The van der Waals surface area contributed by atoms with Crippen molar-refractivity contribution in [2.45, 2.75) is 37.5 Å². The second kappa shape index (κ2) is 10.0. The molecule has 0 atom stereocenters. The van der Waals surface area contributed by atoms with Crippen molar-refractivity contribution in [3.63, 3.8) is 0 Å². The summed E-state index contributed by atoms with van der Waals surface area (Å²) in [6, 6.07) is 8.04. The molecule has 0 amide bonds. The second-order valence-electron chi connectivity index (χ2n) is 7.42. The van der Waals surface area contributed by atoms with Crippen molar-refractivity contribution in [1.82, 2.24) is 10.6 Å². The highest BCUT2D eigenvalue weighted by atomic mass is 19.2. The van der Waals surface area contributed by atoms with Crippen molar-refractivity contribution in [3.8, 4) is 0 Å². The largest absolute Gasteiger partial charge is 0.317 e. The van der Waals surface area contributed by atoms with Crippen molar-refractivity contribution in [1.29, 1.82) is 0 Å². The summed E-state index contributed by atoms with van der Waals surface area (Å²) < 4.78 is 51.5. The van der Waals surface area contributed by atoms with Crippen molar-refractivity contribution >= 4 is 0 Å². The molecule has 4 rings (SSSR count). The Morgan fingerprint density at radius 1 is 0.571 bits per heavy atom. The summed E-state index contributed by atoms with van der Waals surface area (Å²) in [5.41, 5.74) is 1.72. The van der Waals surface area contributed by atoms with Crippen molar-refractivity contribution in [2.24, 2.45) is 0 Å². The maximum Gasteiger partial charge on any atom is 0.159 e. The zero-order chi connectivity index (χ0) is 19.9. The van der Waals surface area contributed by atoms with Gasteiger partial charge >= 0.3 is 0 Å². The Labute approximate surface area is 163 Å². The molecule has 28 heavy (non-hydrogen) atoms. The first kappa shape index (κ1) is 20.8. The molecule has 2 aliphatic rings. The number of benzene rings is 2. The fourth-order valence-electron chi connectivity index (χ4n) is 3.89. The predicted octanol–water partition coefficient (Wildman–Crippen LogP) is 4.86. The van der Waals surface area contributed by atoms with Gasteiger partial charge in [-0.25, -0.2) is 17.6 Å². The standard InChI is InChI=1S/2C11H13F2N/c12-10-5-9(6-11(13)7-10)8-1-3-14-4-2-8;12-10-2-1-9(7-11(10)13)8-3-5-14-6-4-8/h5-8,14H,1-4H2;1-2,7-8,14H,3-6H2. The van der Waals surface area contributed by atoms with Gasteiger partial charge in [0, 0.05) is 6.07 Å². The summed E-state index contributed by atoms with van der Waals surface area (Å²) in [5.74, 6) is -1.76. The molecule has 2 heterocycles. The van der Waals surface area contributed by atoms with Gasteiger partial charge in [0.2, 0.25) is 0 Å². The number of nitrogens with one attached hydrogen (secondary N) is 2. The molecule has 0 unspecified atom stereocenters. The van der Waals surface area contributed by atoms with Gasteiger partial charge in [0.15, 0.2) is 11.6 Å². The molecule has 2 saturated heterocycles. The Bertz CT molecular complexity index is 749. The molecule has 0 aromatic heterocycles. The van der Waals surface area contributed by atoms with E-state index in [9.17, 15) is 17.6 Å². The Balaban J connectivity index is 0.000000161. The van der Waals surface area contributed by atoms with Crippen LogP contribution in [0.3, 0.4) is 0 Å². The third-order valence-electron chi connectivity index (χ3n) is 5.45. The van der Waals surface area contributed by atoms with Gasteiger partial charge in [-0.3, -0.25) is 0 Å². The maximum atomic E-state index is 12.9. The van der Waals surface area contributed by atoms with Gasteiger partial charge in [0.05, 0.1) is 0 Å². The number of hydrogen-bond donors (Lipinski definition) is 2. The summed E-state index contributed by atoms with van der Waals surface area (Å²) in [6.07, 6.45) is 3.93. The van der Waals surface area contributed by atoms with Crippen molar-refractivity contribution < 1.29 is 17.6 Å². The predicted molar refractivity (Wildman–Crippen MR) is 102 cm³/mol. The lowest BCUT2D eigenvalue weighted by Crippen LogP contribution is -2.26. The quantitative estimate of drug-likeness (QED) is 0.711. The van der Waals surface area contributed by atoms with Crippen LogP contribution in [0.5, 0.6) is 0 Å². The Morgan fingerprint density at radius 2 is 1.07 bits per heavy atom. The van der Waals surface area contributed by atoms with Gasteiger partial charge < -0.3 is 10.6 Å². The molecule has 0 aliphatic carbocycles. The van der Waals surface area contributed by atoms with E-state index < -0.39 is 23.3 Å². The fourth-order valence-corrected chi connectivity index (χ4v) is 3.89. The summed E-state index contributed by atoms with van der Waals surface area (Å²) in [4.78, 5) is 0. The molecule has 2 nitrogen and oxygen atoms in total. The van der Waals surface area contributed by atoms with Crippen LogP contribution in [-0.4, -0.2) is 26.2 Å². The highest BCUT2D eigenvalue weighted by Crippen LogP contribution is 2.27. The molecular weight excluding hydrogens is 368 g/mol. The number of rotatable bonds is 2. The first-order chi connectivity index (χ1) is 13.5. The molecule has 2 aromatic rings. The lowest BCUT2D eigenvalue weighted by molar-refractivity contribution is 0.454. The summed E-state index contributed by atoms with van der Waals surface area (Å²) in [6.45, 7) is 3.79. The normalized spacial score (nSPS) is 18.4. The van der Waals surface area contributed by atoms with Gasteiger partial charge in [-0.05, 0) is 99.1 Å². The molecule has 0 saturated carbocycles. The topological polar surface area (TPSA) is 24.1 Å². The molecule has 152 valence electrons. The zero-order valence-electron chi connectivity index (χ0n) is 15.8. The summed E-state index contributed by atoms with van der Waals surface area (Å²) in [5, 5.41) is 6.47. The molecule has 2 aliphatic heterocycles. The van der Waals surface area contributed by atoms with Crippen molar-refractivity contribution in [2.75, 3.05) is 26.2 Å². The number of piperidine rings is 2. The fraction of sp³-hybridized carbons (Fsp3) is 0.455. The maximum absolute atomic E-state index is 12.9. The molecule has 0 radical (unpaired) electrons. The smallest absolute Gasteiger partial charge is 0.159 e. The van der Waals surface area contributed by atoms with E-state index in [4.69, 9.17) is 0 Å². The van der Waals surface area contributed by atoms with E-state index in [-0.39, 0.29) is 0 Å². The van der Waals surface area contributed by atoms with Gasteiger partial charge in [-0.15, -0.1) is 0 Å². The van der Waals surface area contributed by atoms with E-state index in [1.807, 2.05) is 0 Å². The van der Waals surface area contributed by atoms with E-state index >= 15 is 0 Å². The van der Waals surface area contributed by atoms with Gasteiger partial charge in [0.25, 0.3) is 0 Å². The third-order valence-corrected chi connectivity index (χ3v) is 5.45. The van der Waals surface area contributed by atoms with E-state index in [1.54, 1.807) is 6.07 Å². The van der Waals surface area contributed by atoms with Crippen LogP contribution < -0.4 is 10.6 Å². The monoisotopic (exact) mass is 394 g/mol. The lowest BCUT2D eigenvalue weighted by atomic mass is 9.90. The Morgan fingerprint density at radius 3 is 1.57 bits per heavy atom. The van der Waals surface area contributed by atoms with Crippen LogP contribution in [0.2, 0.25) is 0 Å². The van der Waals surface area contributed by atoms with Crippen LogP contribution in [0.15, 0.2) is 36.4 Å². The molecule has 0 spiro atoms. The molecule has 2 aromatic carbocycles. The lowest BCUT2D eigenvalue weighted by Gasteiger charge is -2.22. The minimum Gasteiger partial charge on any atom is -0.317 e. The minimum absolute atomic E-state index is 0.307. The zero-order valence-corrected chi connectivity index (χ0v) is 15.8. The van der Waals surface area contributed by atoms with Crippen LogP contribution >= 0.6 is 0 Å².